The minimum Gasteiger partial charge on any atom is -0.463 e. The Balaban J connectivity index is 1.43. The molecule has 0 aliphatic heterocycles. The molecule has 0 aromatic heterocycles. The summed E-state index contributed by atoms with van der Waals surface area (Å²) in [5, 5.41) is 0. The molecule has 0 radical (unpaired) electrons. The summed E-state index contributed by atoms with van der Waals surface area (Å²) in [6.45, 7) is 15.0. The molecule has 4 aliphatic carbocycles. The lowest BCUT2D eigenvalue weighted by atomic mass is 9.44. The highest BCUT2D eigenvalue weighted by Crippen LogP contribution is 2.68. The maximum atomic E-state index is 12.0. The van der Waals surface area contributed by atoms with Crippen molar-refractivity contribution in [3.63, 3.8) is 0 Å². The Hall–Kier alpha value is -0.790. The van der Waals surface area contributed by atoms with Crippen LogP contribution in [0.2, 0.25) is 0 Å². The number of ether oxygens (including phenoxy) is 1. The molecule has 0 amide bonds. The highest BCUT2D eigenvalue weighted by molar-refractivity contribution is 5.82. The Morgan fingerprint density at radius 3 is 2.48 bits per heavy atom. The third-order valence-corrected chi connectivity index (χ3v) is 11.4. The molecular formula is C31H52O2. The quantitative estimate of drug-likeness (QED) is 0.283. The van der Waals surface area contributed by atoms with Gasteiger partial charge in [-0.05, 0) is 117 Å². The summed E-state index contributed by atoms with van der Waals surface area (Å²) in [4.78, 5) is 12.0. The van der Waals surface area contributed by atoms with Crippen molar-refractivity contribution in [2.45, 2.75) is 119 Å². The molecule has 0 N–H and O–H groups in total. The van der Waals surface area contributed by atoms with E-state index in [0.29, 0.717) is 17.4 Å². The highest BCUT2D eigenvalue weighted by Gasteiger charge is 2.60. The number of carbonyl (C=O) groups excluding carboxylic acids is 1. The number of fused-ring (bicyclic) bond motifs is 5. The van der Waals surface area contributed by atoms with Crippen LogP contribution in [0.3, 0.4) is 0 Å². The molecular weight excluding hydrogens is 404 g/mol. The summed E-state index contributed by atoms with van der Waals surface area (Å²) in [6.07, 6.45) is 18.3. The third kappa shape index (κ3) is 4.84. The molecule has 0 bridgehead atoms. The summed E-state index contributed by atoms with van der Waals surface area (Å²) in [5.41, 5.74) is 2.42. The first kappa shape index (κ1) is 25.3. The number of rotatable bonds is 7. The van der Waals surface area contributed by atoms with E-state index in [1.807, 2.05) is 13.0 Å². The van der Waals surface area contributed by atoms with Crippen LogP contribution in [0.5, 0.6) is 0 Å². The van der Waals surface area contributed by atoms with Crippen LogP contribution in [0.25, 0.3) is 0 Å². The Bertz CT molecular complexity index is 722. The molecule has 0 aromatic carbocycles. The van der Waals surface area contributed by atoms with Gasteiger partial charge in [-0.2, -0.15) is 0 Å². The van der Waals surface area contributed by atoms with Gasteiger partial charge in [-0.3, -0.25) is 0 Å². The number of allylic oxidation sites excluding steroid dienone is 1. The average molecular weight is 457 g/mol. The fraction of sp³-hybridized carbons (Fsp3) is 0.903. The zero-order valence-electron chi connectivity index (χ0n) is 22.6. The second-order valence-electron chi connectivity index (χ2n) is 13.4. The zero-order valence-corrected chi connectivity index (χ0v) is 22.6. The van der Waals surface area contributed by atoms with Gasteiger partial charge in [0.1, 0.15) is 0 Å². The second kappa shape index (κ2) is 10.1. The van der Waals surface area contributed by atoms with Crippen LogP contribution in [-0.2, 0) is 9.53 Å². The van der Waals surface area contributed by atoms with Gasteiger partial charge in [0, 0.05) is 6.08 Å². The molecule has 188 valence electrons. The topological polar surface area (TPSA) is 26.3 Å². The maximum absolute atomic E-state index is 12.0. The van der Waals surface area contributed by atoms with Crippen molar-refractivity contribution < 1.29 is 9.53 Å². The van der Waals surface area contributed by atoms with E-state index in [-0.39, 0.29) is 5.97 Å². The largest absolute Gasteiger partial charge is 0.463 e. The molecule has 0 saturated heterocycles. The molecule has 4 aliphatic rings. The van der Waals surface area contributed by atoms with Gasteiger partial charge in [0.2, 0.25) is 0 Å². The molecule has 0 spiro atoms. The number of esters is 1. The SMILES string of the molecule is CCOC(=O)C=C1CC[C@@]2(C)C(CC[C@H]3[C@@H]4CC[C@H]([C@H](C)CCCC(C)C)[C@@]4(C)CC[C@@H]32)C1. The molecule has 0 aromatic rings. The smallest absolute Gasteiger partial charge is 0.330 e. The van der Waals surface area contributed by atoms with Crippen LogP contribution in [-0.4, -0.2) is 12.6 Å². The summed E-state index contributed by atoms with van der Waals surface area (Å²) in [6, 6.07) is 0. The van der Waals surface area contributed by atoms with Gasteiger partial charge in [-0.1, -0.05) is 59.5 Å². The normalized spacial score (nSPS) is 42.5. The fourth-order valence-electron chi connectivity index (χ4n) is 9.61. The molecule has 33 heavy (non-hydrogen) atoms. The van der Waals surface area contributed by atoms with E-state index in [0.717, 1.165) is 54.3 Å². The van der Waals surface area contributed by atoms with Gasteiger partial charge in [-0.25, -0.2) is 4.79 Å². The van der Waals surface area contributed by atoms with Crippen molar-refractivity contribution in [3.8, 4) is 0 Å². The Kier molecular flexibility index (Phi) is 7.72. The van der Waals surface area contributed by atoms with E-state index in [4.69, 9.17) is 4.74 Å². The highest BCUT2D eigenvalue weighted by atomic mass is 16.5. The van der Waals surface area contributed by atoms with Gasteiger partial charge in [0.05, 0.1) is 6.61 Å². The summed E-state index contributed by atoms with van der Waals surface area (Å²) in [5.74, 6) is 6.16. The van der Waals surface area contributed by atoms with E-state index in [9.17, 15) is 4.79 Å². The number of carbonyl (C=O) groups is 1. The van der Waals surface area contributed by atoms with Crippen LogP contribution < -0.4 is 0 Å². The summed E-state index contributed by atoms with van der Waals surface area (Å²) >= 11 is 0. The van der Waals surface area contributed by atoms with Crippen molar-refractivity contribution in [1.29, 1.82) is 0 Å². The zero-order chi connectivity index (χ0) is 23.8. The molecule has 1 unspecified atom stereocenters. The van der Waals surface area contributed by atoms with Crippen molar-refractivity contribution in [3.05, 3.63) is 11.6 Å². The first-order valence-corrected chi connectivity index (χ1v) is 14.5. The van der Waals surface area contributed by atoms with Gasteiger partial charge in [0.15, 0.2) is 0 Å². The lowest BCUT2D eigenvalue weighted by Gasteiger charge is -2.61. The molecule has 4 rings (SSSR count). The van der Waals surface area contributed by atoms with Crippen LogP contribution in [0.15, 0.2) is 11.6 Å². The van der Waals surface area contributed by atoms with Crippen LogP contribution in [0.4, 0.5) is 0 Å². The molecule has 2 heteroatoms. The minimum absolute atomic E-state index is 0.127. The first-order chi connectivity index (χ1) is 15.7. The van der Waals surface area contributed by atoms with Gasteiger partial charge >= 0.3 is 5.97 Å². The Morgan fingerprint density at radius 2 is 1.76 bits per heavy atom. The summed E-state index contributed by atoms with van der Waals surface area (Å²) in [7, 11) is 0. The van der Waals surface area contributed by atoms with Crippen molar-refractivity contribution >= 4 is 5.97 Å². The van der Waals surface area contributed by atoms with Gasteiger partial charge < -0.3 is 4.74 Å². The number of hydrogen-bond donors (Lipinski definition) is 0. The van der Waals surface area contributed by atoms with Crippen molar-refractivity contribution in [2.75, 3.05) is 6.61 Å². The summed E-state index contributed by atoms with van der Waals surface area (Å²) < 4.78 is 5.20. The Labute approximate surface area is 204 Å². The predicted octanol–water partition coefficient (Wildman–Crippen LogP) is 8.60. The predicted molar refractivity (Wildman–Crippen MR) is 138 cm³/mol. The van der Waals surface area contributed by atoms with E-state index in [2.05, 4.69) is 34.6 Å². The average Bonchev–Trinajstić information content (AvgIpc) is 3.11. The van der Waals surface area contributed by atoms with E-state index >= 15 is 0 Å². The Morgan fingerprint density at radius 1 is 1.00 bits per heavy atom. The van der Waals surface area contributed by atoms with Crippen LogP contribution >= 0.6 is 0 Å². The van der Waals surface area contributed by atoms with Crippen LogP contribution in [0.1, 0.15) is 119 Å². The standard InChI is InChI=1S/C31H52O2/c1-7-33-29(32)20-23-15-17-30(5)24(19-23)11-12-25-27-14-13-26(22(4)10-8-9-21(2)3)31(27,6)18-16-28(25)30/h20-22,24-28H,7-19H2,1-6H3/t22-,24?,25+,26-,27+,28+,30+,31-/m1/s1. The van der Waals surface area contributed by atoms with Gasteiger partial charge in [-0.15, -0.1) is 0 Å². The monoisotopic (exact) mass is 456 g/mol. The minimum atomic E-state index is -0.127. The van der Waals surface area contributed by atoms with Crippen molar-refractivity contribution in [1.82, 2.24) is 0 Å². The van der Waals surface area contributed by atoms with Gasteiger partial charge in [0.25, 0.3) is 0 Å². The second-order valence-corrected chi connectivity index (χ2v) is 13.4. The lowest BCUT2D eigenvalue weighted by Crippen LogP contribution is -2.53. The van der Waals surface area contributed by atoms with E-state index in [1.54, 1.807) is 0 Å². The molecule has 4 saturated carbocycles. The van der Waals surface area contributed by atoms with E-state index < -0.39 is 0 Å². The third-order valence-electron chi connectivity index (χ3n) is 11.4. The number of hydrogen-bond acceptors (Lipinski definition) is 2. The van der Waals surface area contributed by atoms with Crippen molar-refractivity contribution in [2.24, 2.45) is 52.3 Å². The fourth-order valence-corrected chi connectivity index (χ4v) is 9.61. The first-order valence-electron chi connectivity index (χ1n) is 14.5. The maximum Gasteiger partial charge on any atom is 0.330 e. The molecule has 0 heterocycles. The van der Waals surface area contributed by atoms with E-state index in [1.165, 1.54) is 69.8 Å². The van der Waals surface area contributed by atoms with Crippen LogP contribution in [0, 0.1) is 52.3 Å². The molecule has 8 atom stereocenters. The molecule has 4 fully saturated rings. The molecule has 2 nitrogen and oxygen atoms in total. The lowest BCUT2D eigenvalue weighted by molar-refractivity contribution is -0.137.